The first-order chi connectivity index (χ1) is 8.27. The van der Waals surface area contributed by atoms with E-state index in [1.165, 1.54) is 0 Å². The highest BCUT2D eigenvalue weighted by molar-refractivity contribution is 7.98. The van der Waals surface area contributed by atoms with Crippen molar-refractivity contribution < 1.29 is 9.31 Å². The van der Waals surface area contributed by atoms with Gasteiger partial charge < -0.3 is 9.31 Å². The largest absolute Gasteiger partial charge is 0.497 e. The van der Waals surface area contributed by atoms with E-state index >= 15 is 0 Å². The van der Waals surface area contributed by atoms with E-state index in [2.05, 4.69) is 4.98 Å². The molecule has 0 amide bonds. The molecular weight excluding hydrogens is 268 g/mol. The molecule has 2 rings (SSSR count). The summed E-state index contributed by atoms with van der Waals surface area (Å²) in [6.07, 6.45) is 1.97. The van der Waals surface area contributed by atoms with Crippen LogP contribution in [0.3, 0.4) is 0 Å². The Morgan fingerprint density at radius 2 is 1.72 bits per heavy atom. The van der Waals surface area contributed by atoms with Gasteiger partial charge in [0.2, 0.25) is 0 Å². The first-order valence-electron chi connectivity index (χ1n) is 5.83. The average Bonchev–Trinajstić information content (AvgIpc) is 2.47. The summed E-state index contributed by atoms with van der Waals surface area (Å²) in [6, 6.07) is 3.69. The fourth-order valence-electron chi connectivity index (χ4n) is 1.74. The Balaban J connectivity index is 2.35. The van der Waals surface area contributed by atoms with Gasteiger partial charge in [-0.1, -0.05) is 17.7 Å². The maximum atomic E-state index is 6.01. The molecule has 0 atom stereocenters. The van der Waals surface area contributed by atoms with Crippen LogP contribution in [0.4, 0.5) is 0 Å². The first kappa shape index (κ1) is 14.2. The molecule has 0 N–H and O–H groups in total. The minimum atomic E-state index is -0.387. The molecule has 1 saturated heterocycles. The van der Waals surface area contributed by atoms with Crippen LogP contribution in [0.1, 0.15) is 27.7 Å². The Morgan fingerprint density at radius 1 is 1.17 bits per heavy atom. The topological polar surface area (TPSA) is 31.4 Å². The smallest absolute Gasteiger partial charge is 0.399 e. The zero-order valence-corrected chi connectivity index (χ0v) is 12.9. The number of hydrogen-bond acceptors (Lipinski definition) is 4. The Kier molecular flexibility index (Phi) is 3.71. The fraction of sp³-hybridized carbons (Fsp3) is 0.583. The number of halogens is 1. The Labute approximate surface area is 118 Å². The molecule has 98 valence electrons. The highest BCUT2D eigenvalue weighted by Crippen LogP contribution is 2.37. The molecule has 1 fully saturated rings. The molecule has 0 spiro atoms. The third-order valence-electron chi connectivity index (χ3n) is 3.56. The predicted molar refractivity (Wildman–Crippen MR) is 76.7 cm³/mol. The van der Waals surface area contributed by atoms with Gasteiger partial charge in [0.15, 0.2) is 0 Å². The lowest BCUT2D eigenvalue weighted by Crippen LogP contribution is -2.41. The van der Waals surface area contributed by atoms with Crippen LogP contribution in [-0.4, -0.2) is 29.6 Å². The monoisotopic (exact) mass is 285 g/mol. The van der Waals surface area contributed by atoms with Crippen LogP contribution in [0.2, 0.25) is 5.15 Å². The quantitative estimate of drug-likeness (QED) is 0.475. The summed E-state index contributed by atoms with van der Waals surface area (Å²) >= 11 is 7.45. The molecule has 0 saturated carbocycles. The second-order valence-electron chi connectivity index (χ2n) is 5.32. The summed E-state index contributed by atoms with van der Waals surface area (Å²) in [6.45, 7) is 8.15. The second-order valence-corrected chi connectivity index (χ2v) is 6.50. The summed E-state index contributed by atoms with van der Waals surface area (Å²) < 4.78 is 12.0. The van der Waals surface area contributed by atoms with Crippen LogP contribution < -0.4 is 5.46 Å². The van der Waals surface area contributed by atoms with Crippen molar-refractivity contribution in [2.45, 2.75) is 43.9 Å². The lowest BCUT2D eigenvalue weighted by atomic mass is 9.80. The van der Waals surface area contributed by atoms with Gasteiger partial charge in [-0.2, -0.15) is 0 Å². The van der Waals surface area contributed by atoms with Crippen LogP contribution in [0.5, 0.6) is 0 Å². The van der Waals surface area contributed by atoms with E-state index in [-0.39, 0.29) is 18.3 Å². The van der Waals surface area contributed by atoms with Gasteiger partial charge in [-0.05, 0) is 40.0 Å². The van der Waals surface area contributed by atoms with Gasteiger partial charge in [0.25, 0.3) is 0 Å². The van der Waals surface area contributed by atoms with E-state index < -0.39 is 0 Å². The molecule has 1 aromatic heterocycles. The van der Waals surface area contributed by atoms with Crippen LogP contribution in [-0.2, 0) is 9.31 Å². The third-order valence-corrected chi connectivity index (χ3v) is 4.48. The maximum absolute atomic E-state index is 6.01. The molecule has 1 aromatic rings. The molecule has 0 unspecified atom stereocenters. The van der Waals surface area contributed by atoms with Crippen molar-refractivity contribution in [1.82, 2.24) is 4.98 Å². The molecular formula is C12H17BClNO2S. The lowest BCUT2D eigenvalue weighted by Gasteiger charge is -2.32. The van der Waals surface area contributed by atoms with Crippen molar-refractivity contribution in [3.05, 3.63) is 17.3 Å². The van der Waals surface area contributed by atoms with Crippen molar-refractivity contribution in [1.29, 1.82) is 0 Å². The van der Waals surface area contributed by atoms with E-state index in [1.54, 1.807) is 17.8 Å². The summed E-state index contributed by atoms with van der Waals surface area (Å²) in [4.78, 5) is 4.30. The molecule has 3 nitrogen and oxygen atoms in total. The molecule has 0 aliphatic carbocycles. The Bertz CT molecular complexity index is 451. The van der Waals surface area contributed by atoms with Gasteiger partial charge in [0.1, 0.15) is 5.15 Å². The SMILES string of the molecule is CSc1nc(Cl)ccc1B1OC(C)(C)C(C)(C)O1. The zero-order chi connectivity index (χ0) is 13.6. The van der Waals surface area contributed by atoms with Crippen LogP contribution in [0, 0.1) is 0 Å². The van der Waals surface area contributed by atoms with Gasteiger partial charge in [-0.25, -0.2) is 4.98 Å². The second kappa shape index (κ2) is 4.71. The van der Waals surface area contributed by atoms with Gasteiger partial charge in [0, 0.05) is 5.46 Å². The molecule has 1 aliphatic heterocycles. The van der Waals surface area contributed by atoms with Crippen LogP contribution >= 0.6 is 23.4 Å². The number of rotatable bonds is 2. The third kappa shape index (κ3) is 2.41. The maximum Gasteiger partial charge on any atom is 0.497 e. The number of hydrogen-bond donors (Lipinski definition) is 0. The molecule has 1 aliphatic rings. The van der Waals surface area contributed by atoms with Gasteiger partial charge in [-0.3, -0.25) is 0 Å². The molecule has 6 heteroatoms. The van der Waals surface area contributed by atoms with Crippen LogP contribution in [0.15, 0.2) is 17.2 Å². The normalized spacial score (nSPS) is 21.3. The minimum absolute atomic E-state index is 0.340. The van der Waals surface area contributed by atoms with E-state index in [9.17, 15) is 0 Å². The summed E-state index contributed by atoms with van der Waals surface area (Å²) in [5, 5.41) is 1.33. The fourth-order valence-corrected chi connectivity index (χ4v) is 2.53. The molecule has 0 radical (unpaired) electrons. The van der Waals surface area contributed by atoms with Gasteiger partial charge in [0.05, 0.1) is 16.2 Å². The standard InChI is InChI=1S/C12H17BClNO2S/c1-11(2)12(3,4)17-13(16-11)8-6-7-9(14)15-10(8)18-5/h6-7H,1-5H3. The van der Waals surface area contributed by atoms with E-state index in [4.69, 9.17) is 20.9 Å². The van der Waals surface area contributed by atoms with E-state index in [1.807, 2.05) is 40.0 Å². The van der Waals surface area contributed by atoms with E-state index in [0.29, 0.717) is 5.15 Å². The van der Waals surface area contributed by atoms with Crippen molar-refractivity contribution in [2.75, 3.05) is 6.26 Å². The van der Waals surface area contributed by atoms with E-state index in [0.717, 1.165) is 10.5 Å². The van der Waals surface area contributed by atoms with Crippen molar-refractivity contribution in [3.63, 3.8) is 0 Å². The molecule has 0 bridgehead atoms. The van der Waals surface area contributed by atoms with Crippen LogP contribution in [0.25, 0.3) is 0 Å². The van der Waals surface area contributed by atoms with Crippen molar-refractivity contribution in [2.24, 2.45) is 0 Å². The van der Waals surface area contributed by atoms with Crippen molar-refractivity contribution >= 4 is 35.9 Å². The Morgan fingerprint density at radius 3 is 2.22 bits per heavy atom. The highest BCUT2D eigenvalue weighted by Gasteiger charge is 2.52. The zero-order valence-electron chi connectivity index (χ0n) is 11.3. The molecule has 0 aromatic carbocycles. The summed E-state index contributed by atoms with van der Waals surface area (Å²) in [5.74, 6) is 0. The first-order valence-corrected chi connectivity index (χ1v) is 7.43. The number of pyridine rings is 1. The molecule has 2 heterocycles. The summed E-state index contributed by atoms with van der Waals surface area (Å²) in [5.41, 5.74) is 0.255. The minimum Gasteiger partial charge on any atom is -0.399 e. The van der Waals surface area contributed by atoms with Crippen molar-refractivity contribution in [3.8, 4) is 0 Å². The molecule has 18 heavy (non-hydrogen) atoms. The lowest BCUT2D eigenvalue weighted by molar-refractivity contribution is 0.00578. The number of thioether (sulfide) groups is 1. The predicted octanol–water partition coefficient (Wildman–Crippen LogP) is 2.76. The summed E-state index contributed by atoms with van der Waals surface area (Å²) in [7, 11) is -0.387. The van der Waals surface area contributed by atoms with Gasteiger partial charge >= 0.3 is 7.12 Å². The average molecular weight is 286 g/mol. The Hall–Kier alpha value is -0.225. The number of aromatic nitrogens is 1. The number of nitrogens with zero attached hydrogens (tertiary/aromatic N) is 1. The highest BCUT2D eigenvalue weighted by atomic mass is 35.5. The van der Waals surface area contributed by atoms with Gasteiger partial charge in [-0.15, -0.1) is 11.8 Å².